The Morgan fingerprint density at radius 1 is 1.10 bits per heavy atom. The zero-order valence-corrected chi connectivity index (χ0v) is 13.4. The first-order valence-corrected chi connectivity index (χ1v) is 8.56. The van der Waals surface area contributed by atoms with Gasteiger partial charge in [0, 0.05) is 10.9 Å². The van der Waals surface area contributed by atoms with Gasteiger partial charge in [0.1, 0.15) is 0 Å². The minimum absolute atomic E-state index is 0.480. The standard InChI is InChI=1S/C18H25NS/c1-3-13-19-18(12-11-16-9-7-14-20-16)17-10-6-5-8-15(17)4-2/h5-10,14,18-19H,3-4,11-13H2,1-2H3. The average Bonchev–Trinajstić information content (AvgIpc) is 3.01. The molecule has 0 fully saturated rings. The number of hydrogen-bond donors (Lipinski definition) is 1. The van der Waals surface area contributed by atoms with Crippen molar-refractivity contribution in [1.82, 2.24) is 5.32 Å². The van der Waals surface area contributed by atoms with Crippen LogP contribution in [-0.4, -0.2) is 6.54 Å². The largest absolute Gasteiger partial charge is 0.310 e. The van der Waals surface area contributed by atoms with Crippen molar-refractivity contribution in [2.45, 2.75) is 45.6 Å². The SMILES string of the molecule is CCCNC(CCc1cccs1)c1ccccc1CC. The molecule has 0 saturated carbocycles. The van der Waals surface area contributed by atoms with E-state index in [1.165, 1.54) is 28.8 Å². The highest BCUT2D eigenvalue weighted by Gasteiger charge is 2.13. The lowest BCUT2D eigenvalue weighted by Crippen LogP contribution is -2.23. The van der Waals surface area contributed by atoms with Gasteiger partial charge in [-0.3, -0.25) is 0 Å². The van der Waals surface area contributed by atoms with Gasteiger partial charge in [-0.1, -0.05) is 44.2 Å². The number of hydrogen-bond acceptors (Lipinski definition) is 2. The Balaban J connectivity index is 2.09. The van der Waals surface area contributed by atoms with Crippen molar-refractivity contribution >= 4 is 11.3 Å². The Morgan fingerprint density at radius 3 is 2.65 bits per heavy atom. The smallest absolute Gasteiger partial charge is 0.0326 e. The van der Waals surface area contributed by atoms with Crippen LogP contribution in [0, 0.1) is 0 Å². The highest BCUT2D eigenvalue weighted by atomic mass is 32.1. The third-order valence-electron chi connectivity index (χ3n) is 3.71. The minimum Gasteiger partial charge on any atom is -0.310 e. The molecule has 108 valence electrons. The Labute approximate surface area is 127 Å². The molecule has 20 heavy (non-hydrogen) atoms. The molecule has 0 spiro atoms. The van der Waals surface area contributed by atoms with Crippen molar-refractivity contribution in [3.63, 3.8) is 0 Å². The highest BCUT2D eigenvalue weighted by Crippen LogP contribution is 2.24. The molecule has 1 atom stereocenters. The zero-order chi connectivity index (χ0) is 14.2. The number of nitrogens with one attached hydrogen (secondary N) is 1. The molecular weight excluding hydrogens is 262 g/mol. The van der Waals surface area contributed by atoms with Gasteiger partial charge in [0.25, 0.3) is 0 Å². The first-order valence-electron chi connectivity index (χ1n) is 7.68. The van der Waals surface area contributed by atoms with Crippen LogP contribution in [0.3, 0.4) is 0 Å². The van der Waals surface area contributed by atoms with Crippen molar-refractivity contribution < 1.29 is 0 Å². The molecular formula is C18H25NS. The van der Waals surface area contributed by atoms with Crippen LogP contribution in [0.2, 0.25) is 0 Å². The minimum atomic E-state index is 0.480. The van der Waals surface area contributed by atoms with Gasteiger partial charge in [-0.25, -0.2) is 0 Å². The second-order valence-electron chi connectivity index (χ2n) is 5.18. The van der Waals surface area contributed by atoms with Crippen molar-refractivity contribution in [3.05, 3.63) is 57.8 Å². The first kappa shape index (κ1) is 15.3. The molecule has 0 aliphatic heterocycles. The summed E-state index contributed by atoms with van der Waals surface area (Å²) in [6.45, 7) is 5.57. The van der Waals surface area contributed by atoms with Gasteiger partial charge in [0.15, 0.2) is 0 Å². The van der Waals surface area contributed by atoms with Gasteiger partial charge >= 0.3 is 0 Å². The van der Waals surface area contributed by atoms with E-state index in [-0.39, 0.29) is 0 Å². The van der Waals surface area contributed by atoms with Crippen LogP contribution in [-0.2, 0) is 12.8 Å². The maximum absolute atomic E-state index is 3.73. The Bertz CT molecular complexity index is 490. The average molecular weight is 287 g/mol. The lowest BCUT2D eigenvalue weighted by Gasteiger charge is -2.21. The van der Waals surface area contributed by atoms with Crippen molar-refractivity contribution in [2.75, 3.05) is 6.54 Å². The Morgan fingerprint density at radius 2 is 1.95 bits per heavy atom. The fourth-order valence-corrected chi connectivity index (χ4v) is 3.35. The van der Waals surface area contributed by atoms with Gasteiger partial charge in [0.05, 0.1) is 0 Å². The summed E-state index contributed by atoms with van der Waals surface area (Å²) in [6.07, 6.45) is 4.64. The molecule has 0 bridgehead atoms. The fourth-order valence-electron chi connectivity index (χ4n) is 2.62. The number of rotatable bonds is 8. The zero-order valence-electron chi connectivity index (χ0n) is 12.6. The molecule has 0 aliphatic carbocycles. The van der Waals surface area contributed by atoms with E-state index in [1.54, 1.807) is 0 Å². The highest BCUT2D eigenvalue weighted by molar-refractivity contribution is 7.09. The summed E-state index contributed by atoms with van der Waals surface area (Å²) >= 11 is 1.87. The van der Waals surface area contributed by atoms with E-state index < -0.39 is 0 Å². The molecule has 1 unspecified atom stereocenters. The van der Waals surface area contributed by atoms with Crippen LogP contribution < -0.4 is 5.32 Å². The van der Waals surface area contributed by atoms with E-state index in [1.807, 2.05) is 11.3 Å². The van der Waals surface area contributed by atoms with Crippen LogP contribution in [0.15, 0.2) is 41.8 Å². The topological polar surface area (TPSA) is 12.0 Å². The lowest BCUT2D eigenvalue weighted by atomic mass is 9.95. The first-order chi connectivity index (χ1) is 9.85. The molecule has 0 amide bonds. The van der Waals surface area contributed by atoms with E-state index in [9.17, 15) is 0 Å². The van der Waals surface area contributed by atoms with Crippen molar-refractivity contribution in [3.8, 4) is 0 Å². The molecule has 0 radical (unpaired) electrons. The Hall–Kier alpha value is -1.12. The molecule has 2 heteroatoms. The predicted molar refractivity (Wildman–Crippen MR) is 89.5 cm³/mol. The van der Waals surface area contributed by atoms with Crippen LogP contribution in [0.25, 0.3) is 0 Å². The van der Waals surface area contributed by atoms with Crippen molar-refractivity contribution in [1.29, 1.82) is 0 Å². The molecule has 1 heterocycles. The molecule has 2 aromatic rings. The summed E-state index contributed by atoms with van der Waals surface area (Å²) < 4.78 is 0. The number of thiophene rings is 1. The van der Waals surface area contributed by atoms with Crippen LogP contribution >= 0.6 is 11.3 Å². The summed E-state index contributed by atoms with van der Waals surface area (Å²) in [7, 11) is 0. The number of benzene rings is 1. The summed E-state index contributed by atoms with van der Waals surface area (Å²) in [5, 5.41) is 5.90. The van der Waals surface area contributed by atoms with Gasteiger partial charge in [-0.2, -0.15) is 0 Å². The summed E-state index contributed by atoms with van der Waals surface area (Å²) in [5.74, 6) is 0. The van der Waals surface area contributed by atoms with E-state index in [2.05, 4.69) is 60.9 Å². The Kier molecular flexibility index (Phi) is 6.28. The van der Waals surface area contributed by atoms with E-state index in [0.29, 0.717) is 6.04 Å². The molecule has 1 aromatic heterocycles. The van der Waals surface area contributed by atoms with Crippen molar-refractivity contribution in [2.24, 2.45) is 0 Å². The lowest BCUT2D eigenvalue weighted by molar-refractivity contribution is 0.497. The van der Waals surface area contributed by atoms with E-state index >= 15 is 0 Å². The second kappa shape index (κ2) is 8.23. The molecule has 0 aliphatic rings. The summed E-state index contributed by atoms with van der Waals surface area (Å²) in [5.41, 5.74) is 2.97. The second-order valence-corrected chi connectivity index (χ2v) is 6.21. The fraction of sp³-hybridized carbons (Fsp3) is 0.444. The predicted octanol–water partition coefficient (Wildman–Crippen LogP) is 4.98. The van der Waals surface area contributed by atoms with Crippen LogP contribution in [0.4, 0.5) is 0 Å². The monoisotopic (exact) mass is 287 g/mol. The van der Waals surface area contributed by atoms with Gasteiger partial charge in [0.2, 0.25) is 0 Å². The molecule has 1 N–H and O–H groups in total. The molecule has 2 rings (SSSR count). The van der Waals surface area contributed by atoms with E-state index in [0.717, 1.165) is 19.4 Å². The van der Waals surface area contributed by atoms with Gasteiger partial charge < -0.3 is 5.32 Å². The summed E-state index contributed by atoms with van der Waals surface area (Å²) in [6, 6.07) is 13.7. The maximum Gasteiger partial charge on any atom is 0.0326 e. The molecule has 1 aromatic carbocycles. The summed E-state index contributed by atoms with van der Waals surface area (Å²) in [4.78, 5) is 1.49. The normalized spacial score (nSPS) is 12.5. The van der Waals surface area contributed by atoms with E-state index in [4.69, 9.17) is 0 Å². The molecule has 0 saturated heterocycles. The van der Waals surface area contributed by atoms with Crippen LogP contribution in [0.1, 0.15) is 48.7 Å². The number of aryl methyl sites for hydroxylation is 2. The van der Waals surface area contributed by atoms with Crippen LogP contribution in [0.5, 0.6) is 0 Å². The quantitative estimate of drug-likeness (QED) is 0.721. The third-order valence-corrected chi connectivity index (χ3v) is 4.65. The third kappa shape index (κ3) is 4.19. The maximum atomic E-state index is 3.73. The molecule has 1 nitrogen and oxygen atoms in total. The van der Waals surface area contributed by atoms with Gasteiger partial charge in [-0.15, -0.1) is 11.3 Å². The van der Waals surface area contributed by atoms with Gasteiger partial charge in [-0.05, 0) is 54.8 Å².